The molecule has 106 valence electrons. The van der Waals surface area contributed by atoms with E-state index in [-0.39, 0.29) is 5.56 Å². The monoisotopic (exact) mass is 288 g/mol. The number of pyridine rings is 1. The molecule has 2 heterocycles. The van der Waals surface area contributed by atoms with E-state index in [1.807, 2.05) is 0 Å². The predicted molar refractivity (Wildman–Crippen MR) is 72.0 cm³/mol. The Labute approximate surface area is 118 Å². The summed E-state index contributed by atoms with van der Waals surface area (Å²) in [5, 5.41) is 6.60. The van der Waals surface area contributed by atoms with Gasteiger partial charge in [0, 0.05) is 0 Å². The van der Waals surface area contributed by atoms with E-state index in [9.17, 15) is 13.6 Å². The van der Waals surface area contributed by atoms with Gasteiger partial charge in [-0.25, -0.2) is 18.3 Å². The Bertz CT molecular complexity index is 844. The van der Waals surface area contributed by atoms with Gasteiger partial charge in [0.05, 0.1) is 17.4 Å². The maximum Gasteiger partial charge on any atom is 0.258 e. The van der Waals surface area contributed by atoms with E-state index in [1.165, 1.54) is 4.52 Å². The number of anilines is 1. The Morgan fingerprint density at radius 3 is 2.86 bits per heavy atom. The van der Waals surface area contributed by atoms with E-state index in [1.54, 1.807) is 25.3 Å². The molecular weight excluding hydrogens is 278 g/mol. The average molecular weight is 288 g/mol. The van der Waals surface area contributed by atoms with Crippen LogP contribution in [0.3, 0.4) is 0 Å². The first-order valence-electron chi connectivity index (χ1n) is 6.12. The molecule has 1 amide bonds. The fourth-order valence-electron chi connectivity index (χ4n) is 1.94. The van der Waals surface area contributed by atoms with Crippen molar-refractivity contribution in [3.63, 3.8) is 0 Å². The molecule has 3 rings (SSSR count). The minimum atomic E-state index is -0.786. The third-order valence-corrected chi connectivity index (χ3v) is 2.87. The Morgan fingerprint density at radius 1 is 1.24 bits per heavy atom. The molecule has 0 spiro atoms. The summed E-state index contributed by atoms with van der Waals surface area (Å²) in [5.41, 5.74) is 0.674. The summed E-state index contributed by atoms with van der Waals surface area (Å²) in [6.07, 6.45) is 1.55. The maximum atomic E-state index is 13.5. The zero-order chi connectivity index (χ0) is 15.0. The fourth-order valence-corrected chi connectivity index (χ4v) is 1.94. The highest BCUT2D eigenvalue weighted by atomic mass is 19.1. The molecule has 7 heteroatoms. The second-order valence-electron chi connectivity index (χ2n) is 4.46. The van der Waals surface area contributed by atoms with Crippen LogP contribution in [0.25, 0.3) is 5.65 Å². The summed E-state index contributed by atoms with van der Waals surface area (Å²) in [6, 6.07) is 5.99. The molecule has 0 saturated heterocycles. The maximum absolute atomic E-state index is 13.5. The molecule has 0 saturated carbocycles. The van der Waals surface area contributed by atoms with Gasteiger partial charge in [-0.3, -0.25) is 4.79 Å². The Kier molecular flexibility index (Phi) is 3.09. The van der Waals surface area contributed by atoms with Crippen LogP contribution < -0.4 is 5.32 Å². The SMILES string of the molecule is Cc1nc2ccc(NC(=O)c3cc(F)ccc3F)cn2n1. The number of rotatable bonds is 2. The number of aryl methyl sites for hydroxylation is 1. The second-order valence-corrected chi connectivity index (χ2v) is 4.46. The molecule has 0 aliphatic carbocycles. The Hall–Kier alpha value is -2.83. The van der Waals surface area contributed by atoms with E-state index < -0.39 is 17.5 Å². The van der Waals surface area contributed by atoms with Crippen LogP contribution in [0.15, 0.2) is 36.5 Å². The molecular formula is C14H10F2N4O. The van der Waals surface area contributed by atoms with Gasteiger partial charge in [0.15, 0.2) is 5.65 Å². The number of benzene rings is 1. The minimum absolute atomic E-state index is 0.357. The lowest BCUT2D eigenvalue weighted by molar-refractivity contribution is 0.102. The summed E-state index contributed by atoms with van der Waals surface area (Å²) in [4.78, 5) is 16.1. The zero-order valence-electron chi connectivity index (χ0n) is 11.0. The van der Waals surface area contributed by atoms with Gasteiger partial charge >= 0.3 is 0 Å². The molecule has 0 fully saturated rings. The van der Waals surface area contributed by atoms with Crippen molar-refractivity contribution in [1.82, 2.24) is 14.6 Å². The fraction of sp³-hybridized carbons (Fsp3) is 0.0714. The number of hydrogen-bond acceptors (Lipinski definition) is 3. The highest BCUT2D eigenvalue weighted by Crippen LogP contribution is 2.14. The van der Waals surface area contributed by atoms with Gasteiger partial charge in [0.2, 0.25) is 0 Å². The molecule has 1 N–H and O–H groups in total. The molecule has 0 aliphatic heterocycles. The lowest BCUT2D eigenvalue weighted by Gasteiger charge is -2.06. The molecule has 0 radical (unpaired) electrons. The van der Waals surface area contributed by atoms with Gasteiger partial charge in [-0.15, -0.1) is 0 Å². The van der Waals surface area contributed by atoms with Gasteiger partial charge in [-0.05, 0) is 37.3 Å². The number of carbonyl (C=O) groups excluding carboxylic acids is 1. The van der Waals surface area contributed by atoms with Crippen LogP contribution in [0, 0.1) is 18.6 Å². The van der Waals surface area contributed by atoms with E-state index in [0.29, 0.717) is 17.2 Å². The van der Waals surface area contributed by atoms with E-state index in [2.05, 4.69) is 15.4 Å². The van der Waals surface area contributed by atoms with Crippen LogP contribution in [0.5, 0.6) is 0 Å². The van der Waals surface area contributed by atoms with Gasteiger partial charge < -0.3 is 5.32 Å². The minimum Gasteiger partial charge on any atom is -0.320 e. The molecule has 21 heavy (non-hydrogen) atoms. The van der Waals surface area contributed by atoms with Crippen molar-refractivity contribution in [1.29, 1.82) is 0 Å². The number of aromatic nitrogens is 3. The van der Waals surface area contributed by atoms with Crippen molar-refractivity contribution >= 4 is 17.2 Å². The van der Waals surface area contributed by atoms with Crippen LogP contribution in [0.1, 0.15) is 16.2 Å². The molecule has 0 unspecified atom stereocenters. The summed E-state index contributed by atoms with van der Waals surface area (Å²) in [5.74, 6) is -1.60. The summed E-state index contributed by atoms with van der Waals surface area (Å²) < 4.78 is 28.1. The van der Waals surface area contributed by atoms with Gasteiger partial charge in [0.25, 0.3) is 5.91 Å². The van der Waals surface area contributed by atoms with E-state index in [0.717, 1.165) is 18.2 Å². The number of amides is 1. The van der Waals surface area contributed by atoms with Crippen LogP contribution in [-0.2, 0) is 0 Å². The van der Waals surface area contributed by atoms with Crippen LogP contribution in [-0.4, -0.2) is 20.5 Å². The predicted octanol–water partition coefficient (Wildman–Crippen LogP) is 2.57. The quantitative estimate of drug-likeness (QED) is 0.788. The molecule has 0 aliphatic rings. The lowest BCUT2D eigenvalue weighted by Crippen LogP contribution is -2.14. The molecule has 0 bridgehead atoms. The molecule has 5 nitrogen and oxygen atoms in total. The van der Waals surface area contributed by atoms with Gasteiger partial charge in [-0.2, -0.15) is 5.10 Å². The average Bonchev–Trinajstić information content (AvgIpc) is 2.80. The largest absolute Gasteiger partial charge is 0.320 e. The molecule has 1 aromatic carbocycles. The first-order chi connectivity index (χ1) is 10.0. The highest BCUT2D eigenvalue weighted by molar-refractivity contribution is 6.04. The molecule has 0 atom stereocenters. The van der Waals surface area contributed by atoms with Gasteiger partial charge in [0.1, 0.15) is 17.5 Å². The lowest BCUT2D eigenvalue weighted by atomic mass is 10.2. The normalized spacial score (nSPS) is 10.8. The summed E-state index contributed by atoms with van der Waals surface area (Å²) in [6.45, 7) is 1.74. The van der Waals surface area contributed by atoms with Crippen molar-refractivity contribution in [2.24, 2.45) is 0 Å². The first kappa shape index (κ1) is 13.2. The van der Waals surface area contributed by atoms with Crippen molar-refractivity contribution in [2.75, 3.05) is 5.32 Å². The number of fused-ring (bicyclic) bond motifs is 1. The Balaban J connectivity index is 1.90. The summed E-state index contributed by atoms with van der Waals surface area (Å²) >= 11 is 0. The second kappa shape index (κ2) is 4.93. The van der Waals surface area contributed by atoms with Gasteiger partial charge in [-0.1, -0.05) is 0 Å². The number of halogens is 2. The molecule has 2 aromatic heterocycles. The smallest absolute Gasteiger partial charge is 0.258 e. The zero-order valence-corrected chi connectivity index (χ0v) is 11.0. The number of nitrogens with zero attached hydrogens (tertiary/aromatic N) is 3. The number of nitrogens with one attached hydrogen (secondary N) is 1. The van der Waals surface area contributed by atoms with Crippen molar-refractivity contribution < 1.29 is 13.6 Å². The summed E-state index contributed by atoms with van der Waals surface area (Å²) in [7, 11) is 0. The third-order valence-electron chi connectivity index (χ3n) is 2.87. The third kappa shape index (κ3) is 2.58. The molecule has 3 aromatic rings. The van der Waals surface area contributed by atoms with Crippen molar-refractivity contribution in [2.45, 2.75) is 6.92 Å². The number of hydrogen-bond donors (Lipinski definition) is 1. The van der Waals surface area contributed by atoms with Crippen LogP contribution >= 0.6 is 0 Å². The highest BCUT2D eigenvalue weighted by Gasteiger charge is 2.13. The first-order valence-corrected chi connectivity index (χ1v) is 6.12. The van der Waals surface area contributed by atoms with Crippen molar-refractivity contribution in [3.8, 4) is 0 Å². The van der Waals surface area contributed by atoms with Crippen LogP contribution in [0.2, 0.25) is 0 Å². The topological polar surface area (TPSA) is 59.3 Å². The van der Waals surface area contributed by atoms with Crippen molar-refractivity contribution in [3.05, 3.63) is 59.6 Å². The van der Waals surface area contributed by atoms with E-state index >= 15 is 0 Å². The standard InChI is InChI=1S/C14H10F2N4O/c1-8-17-13-5-3-10(7-20(13)19-8)18-14(21)11-6-9(15)2-4-12(11)16/h2-7H,1H3,(H,18,21). The van der Waals surface area contributed by atoms with E-state index in [4.69, 9.17) is 0 Å². The van der Waals surface area contributed by atoms with Crippen LogP contribution in [0.4, 0.5) is 14.5 Å². The number of carbonyl (C=O) groups is 1. The Morgan fingerprint density at radius 2 is 2.05 bits per heavy atom.